The highest BCUT2D eigenvalue weighted by atomic mass is 16.3. The number of pyridine rings is 2. The van der Waals surface area contributed by atoms with Crippen LogP contribution >= 0.6 is 0 Å². The topological polar surface area (TPSA) is 66.0 Å². The van der Waals surface area contributed by atoms with E-state index in [2.05, 4.69) is 23.8 Å². The van der Waals surface area contributed by atoms with Crippen LogP contribution in [0.5, 0.6) is 5.75 Å². The van der Waals surface area contributed by atoms with Gasteiger partial charge in [-0.25, -0.2) is 0 Å². The molecule has 4 heteroatoms. The van der Waals surface area contributed by atoms with E-state index in [1.54, 1.807) is 30.6 Å². The van der Waals surface area contributed by atoms with Crippen LogP contribution in [-0.4, -0.2) is 15.1 Å². The van der Waals surface area contributed by atoms with Crippen molar-refractivity contribution in [3.8, 4) is 16.9 Å². The Morgan fingerprint density at radius 2 is 2.22 bits per heavy atom. The van der Waals surface area contributed by atoms with Gasteiger partial charge in [0.1, 0.15) is 5.75 Å². The summed E-state index contributed by atoms with van der Waals surface area (Å²) in [6, 6.07) is 5.10. The van der Waals surface area contributed by atoms with Gasteiger partial charge < -0.3 is 10.1 Å². The third-order valence-corrected chi connectivity index (χ3v) is 2.65. The largest absolute Gasteiger partial charge is 0.507 e. The second-order valence-electron chi connectivity index (χ2n) is 4.72. The summed E-state index contributed by atoms with van der Waals surface area (Å²) < 4.78 is 0. The van der Waals surface area contributed by atoms with Crippen molar-refractivity contribution in [2.24, 2.45) is 5.92 Å². The van der Waals surface area contributed by atoms with Gasteiger partial charge in [-0.3, -0.25) is 9.78 Å². The van der Waals surface area contributed by atoms with Gasteiger partial charge in [0, 0.05) is 29.7 Å². The van der Waals surface area contributed by atoms with Crippen molar-refractivity contribution in [2.45, 2.75) is 20.3 Å². The fourth-order valence-electron chi connectivity index (χ4n) is 1.94. The fraction of sp³-hybridized carbons (Fsp3) is 0.286. The lowest BCUT2D eigenvalue weighted by atomic mass is 10.0. The van der Waals surface area contributed by atoms with Gasteiger partial charge in [-0.05, 0) is 18.4 Å². The highest BCUT2D eigenvalue weighted by Gasteiger charge is 2.11. The lowest BCUT2D eigenvalue weighted by Crippen LogP contribution is -2.13. The Bertz CT molecular complexity index is 588. The zero-order valence-corrected chi connectivity index (χ0v) is 10.5. The van der Waals surface area contributed by atoms with Gasteiger partial charge in [-0.15, -0.1) is 0 Å². The Morgan fingerprint density at radius 3 is 2.78 bits per heavy atom. The number of aromatic nitrogens is 2. The molecule has 2 aromatic rings. The highest BCUT2D eigenvalue weighted by Crippen LogP contribution is 2.25. The van der Waals surface area contributed by atoms with E-state index in [0.29, 0.717) is 11.5 Å². The summed E-state index contributed by atoms with van der Waals surface area (Å²) in [6.45, 7) is 4.12. The van der Waals surface area contributed by atoms with Crippen molar-refractivity contribution >= 4 is 0 Å². The molecule has 94 valence electrons. The van der Waals surface area contributed by atoms with Gasteiger partial charge >= 0.3 is 0 Å². The summed E-state index contributed by atoms with van der Waals surface area (Å²) in [5, 5.41) is 9.99. The number of nitrogens with one attached hydrogen (secondary N) is 1. The third-order valence-electron chi connectivity index (χ3n) is 2.65. The molecule has 0 fully saturated rings. The maximum atomic E-state index is 12.0. The Kier molecular flexibility index (Phi) is 3.46. The van der Waals surface area contributed by atoms with Crippen LogP contribution in [0.15, 0.2) is 35.4 Å². The first kappa shape index (κ1) is 12.4. The standard InChI is InChI=1S/C14H16N2O2/c1-9(2)6-11-7-12(17)13(14(18)16-11)10-4-3-5-15-8-10/h3-5,7-9H,6H2,1-2H3,(H2,16,17,18). The average molecular weight is 244 g/mol. The quantitative estimate of drug-likeness (QED) is 0.870. The van der Waals surface area contributed by atoms with Gasteiger partial charge in [-0.2, -0.15) is 0 Å². The molecule has 0 radical (unpaired) electrons. The van der Waals surface area contributed by atoms with Crippen LogP contribution in [0.2, 0.25) is 0 Å². The van der Waals surface area contributed by atoms with Gasteiger partial charge in [0.25, 0.3) is 5.56 Å². The number of aromatic amines is 1. The molecule has 2 rings (SSSR count). The molecule has 0 atom stereocenters. The van der Waals surface area contributed by atoms with Crippen molar-refractivity contribution in [1.82, 2.24) is 9.97 Å². The predicted octanol–water partition coefficient (Wildman–Crippen LogP) is 2.34. The van der Waals surface area contributed by atoms with Gasteiger partial charge in [0.05, 0.1) is 5.56 Å². The fourth-order valence-corrected chi connectivity index (χ4v) is 1.94. The second-order valence-corrected chi connectivity index (χ2v) is 4.72. The molecule has 2 aromatic heterocycles. The van der Waals surface area contributed by atoms with E-state index in [1.807, 2.05) is 0 Å². The molecule has 0 saturated carbocycles. The molecule has 2 N–H and O–H groups in total. The zero-order chi connectivity index (χ0) is 13.1. The van der Waals surface area contributed by atoms with Crippen molar-refractivity contribution in [3.63, 3.8) is 0 Å². The number of hydrogen-bond acceptors (Lipinski definition) is 3. The van der Waals surface area contributed by atoms with E-state index in [9.17, 15) is 9.90 Å². The lowest BCUT2D eigenvalue weighted by molar-refractivity contribution is 0.473. The Balaban J connectivity index is 2.49. The Labute approximate surface area is 105 Å². The number of rotatable bonds is 3. The van der Waals surface area contributed by atoms with E-state index < -0.39 is 0 Å². The SMILES string of the molecule is CC(C)Cc1cc(O)c(-c2cccnc2)c(=O)[nH]1. The molecule has 4 nitrogen and oxygen atoms in total. The molecule has 0 aromatic carbocycles. The van der Waals surface area contributed by atoms with E-state index in [4.69, 9.17) is 0 Å². The number of H-pyrrole nitrogens is 1. The lowest BCUT2D eigenvalue weighted by Gasteiger charge is -2.08. The van der Waals surface area contributed by atoms with Crippen molar-refractivity contribution < 1.29 is 5.11 Å². The monoisotopic (exact) mass is 244 g/mol. The molecule has 0 aliphatic rings. The van der Waals surface area contributed by atoms with Crippen LogP contribution in [-0.2, 0) is 6.42 Å². The van der Waals surface area contributed by atoms with Crippen LogP contribution in [0.4, 0.5) is 0 Å². The van der Waals surface area contributed by atoms with Gasteiger partial charge in [0.15, 0.2) is 0 Å². The second kappa shape index (κ2) is 5.04. The summed E-state index contributed by atoms with van der Waals surface area (Å²) in [6.07, 6.45) is 3.92. The first-order chi connectivity index (χ1) is 8.58. The average Bonchev–Trinajstić information content (AvgIpc) is 2.28. The summed E-state index contributed by atoms with van der Waals surface area (Å²) in [5.74, 6) is 0.423. The molecule has 0 bridgehead atoms. The number of hydrogen-bond donors (Lipinski definition) is 2. The molecule has 0 saturated heterocycles. The molecular formula is C14H16N2O2. The first-order valence-corrected chi connectivity index (χ1v) is 5.93. The molecule has 0 spiro atoms. The molecule has 0 aliphatic carbocycles. The highest BCUT2D eigenvalue weighted by molar-refractivity contribution is 5.68. The van der Waals surface area contributed by atoms with Gasteiger partial charge in [0.2, 0.25) is 0 Å². The van der Waals surface area contributed by atoms with Crippen molar-refractivity contribution in [3.05, 3.63) is 46.6 Å². The molecule has 0 unspecified atom stereocenters. The molecule has 0 amide bonds. The molecular weight excluding hydrogens is 228 g/mol. The van der Waals surface area contributed by atoms with Crippen molar-refractivity contribution in [1.29, 1.82) is 0 Å². The van der Waals surface area contributed by atoms with E-state index in [-0.39, 0.29) is 16.9 Å². The summed E-state index contributed by atoms with van der Waals surface area (Å²) in [5.41, 5.74) is 1.36. The van der Waals surface area contributed by atoms with Crippen molar-refractivity contribution in [2.75, 3.05) is 0 Å². The number of aromatic hydroxyl groups is 1. The molecule has 2 heterocycles. The van der Waals surface area contributed by atoms with Crippen LogP contribution in [0.3, 0.4) is 0 Å². The molecule has 18 heavy (non-hydrogen) atoms. The summed E-state index contributed by atoms with van der Waals surface area (Å²) >= 11 is 0. The normalized spacial score (nSPS) is 10.8. The predicted molar refractivity (Wildman–Crippen MR) is 70.5 cm³/mol. The Hall–Kier alpha value is -2.10. The van der Waals surface area contributed by atoms with Gasteiger partial charge in [-0.1, -0.05) is 19.9 Å². The Morgan fingerprint density at radius 1 is 1.44 bits per heavy atom. The first-order valence-electron chi connectivity index (χ1n) is 5.93. The summed E-state index contributed by atoms with van der Waals surface area (Å²) in [7, 11) is 0. The smallest absolute Gasteiger partial charge is 0.259 e. The third kappa shape index (κ3) is 2.59. The zero-order valence-electron chi connectivity index (χ0n) is 10.5. The minimum atomic E-state index is -0.279. The molecule has 0 aliphatic heterocycles. The maximum absolute atomic E-state index is 12.0. The van der Waals surface area contributed by atoms with Crippen LogP contribution < -0.4 is 5.56 Å². The number of nitrogens with zero attached hydrogens (tertiary/aromatic N) is 1. The van der Waals surface area contributed by atoms with E-state index in [1.165, 1.54) is 0 Å². The van der Waals surface area contributed by atoms with E-state index >= 15 is 0 Å². The van der Waals surface area contributed by atoms with Crippen LogP contribution in [0, 0.1) is 5.92 Å². The summed E-state index contributed by atoms with van der Waals surface area (Å²) in [4.78, 5) is 18.8. The van der Waals surface area contributed by atoms with E-state index in [0.717, 1.165) is 12.1 Å². The maximum Gasteiger partial charge on any atom is 0.259 e. The minimum absolute atomic E-state index is 0.00222. The minimum Gasteiger partial charge on any atom is -0.507 e. The van der Waals surface area contributed by atoms with Crippen LogP contribution in [0.1, 0.15) is 19.5 Å². The van der Waals surface area contributed by atoms with Crippen LogP contribution in [0.25, 0.3) is 11.1 Å².